The van der Waals surface area contributed by atoms with Gasteiger partial charge in [-0.25, -0.2) is 4.98 Å². The number of carbonyl (C=O) groups excluding carboxylic acids is 1. The quantitative estimate of drug-likeness (QED) is 0.881. The normalized spacial score (nSPS) is 12.3. The number of amides is 1. The first-order valence-corrected chi connectivity index (χ1v) is 6.48. The van der Waals surface area contributed by atoms with E-state index in [0.29, 0.717) is 10.8 Å². The van der Waals surface area contributed by atoms with Crippen molar-refractivity contribution in [1.29, 1.82) is 0 Å². The molecule has 6 heteroatoms. The lowest BCUT2D eigenvalue weighted by Crippen LogP contribution is -2.26. The van der Waals surface area contributed by atoms with Gasteiger partial charge in [-0.15, -0.1) is 22.7 Å². The lowest BCUT2D eigenvalue weighted by molar-refractivity contribution is 0.0936. The van der Waals surface area contributed by atoms with Crippen molar-refractivity contribution in [2.24, 2.45) is 0 Å². The summed E-state index contributed by atoms with van der Waals surface area (Å²) in [7, 11) is 0. The Morgan fingerprint density at radius 3 is 2.94 bits per heavy atom. The molecule has 1 amide bonds. The number of thiophene rings is 1. The second-order valence-electron chi connectivity index (χ2n) is 3.28. The molecule has 4 nitrogen and oxygen atoms in total. The van der Waals surface area contributed by atoms with Crippen LogP contribution in [0.5, 0.6) is 0 Å². The molecule has 0 aliphatic carbocycles. The van der Waals surface area contributed by atoms with Crippen LogP contribution in [-0.2, 0) is 0 Å². The minimum Gasteiger partial charge on any atom is -0.375 e. The maximum atomic E-state index is 11.7. The van der Waals surface area contributed by atoms with Crippen molar-refractivity contribution in [1.82, 2.24) is 10.3 Å². The van der Waals surface area contributed by atoms with Crippen molar-refractivity contribution in [3.05, 3.63) is 33.5 Å². The summed E-state index contributed by atoms with van der Waals surface area (Å²) in [6, 6.07) is 3.95. The largest absolute Gasteiger partial charge is 0.375 e. The molecule has 0 unspecified atom stereocenters. The van der Waals surface area contributed by atoms with Crippen LogP contribution in [0.15, 0.2) is 22.9 Å². The van der Waals surface area contributed by atoms with Gasteiger partial charge in [0.25, 0.3) is 5.91 Å². The summed E-state index contributed by atoms with van der Waals surface area (Å²) in [5.74, 6) is -0.186. The molecule has 0 saturated carbocycles. The Kier molecular flexibility index (Phi) is 3.21. The van der Waals surface area contributed by atoms with E-state index in [9.17, 15) is 4.79 Å². The molecule has 84 valence electrons. The number of aromatic nitrogens is 1. The fourth-order valence-electron chi connectivity index (χ4n) is 1.27. The van der Waals surface area contributed by atoms with Crippen LogP contribution in [-0.4, -0.2) is 10.9 Å². The molecule has 0 spiro atoms. The lowest BCUT2D eigenvalue weighted by atomic mass is 10.2. The predicted octanol–water partition coefficient (Wildman–Crippen LogP) is 2.28. The van der Waals surface area contributed by atoms with Gasteiger partial charge in [-0.2, -0.15) is 0 Å². The Morgan fingerprint density at radius 1 is 1.56 bits per heavy atom. The van der Waals surface area contributed by atoms with Gasteiger partial charge in [-0.3, -0.25) is 4.79 Å². The first-order chi connectivity index (χ1) is 7.66. The number of nitrogen functional groups attached to an aromatic ring is 1. The maximum absolute atomic E-state index is 11.7. The molecule has 1 atom stereocenters. The summed E-state index contributed by atoms with van der Waals surface area (Å²) in [5.41, 5.74) is 5.85. The Morgan fingerprint density at radius 2 is 2.38 bits per heavy atom. The number of nitrogens with two attached hydrogens (primary N) is 1. The van der Waals surface area contributed by atoms with E-state index in [0.717, 1.165) is 4.88 Å². The van der Waals surface area contributed by atoms with Crippen LogP contribution in [0.3, 0.4) is 0 Å². The third-order valence-corrected chi connectivity index (χ3v) is 3.80. The zero-order chi connectivity index (χ0) is 11.5. The number of nitrogens with zero attached hydrogens (tertiary/aromatic N) is 1. The molecule has 0 aromatic carbocycles. The Balaban J connectivity index is 2.03. The summed E-state index contributed by atoms with van der Waals surface area (Å²) < 4.78 is 0. The van der Waals surface area contributed by atoms with Crippen molar-refractivity contribution in [3.63, 3.8) is 0 Å². The molecular weight excluding hydrogens is 242 g/mol. The lowest BCUT2D eigenvalue weighted by Gasteiger charge is -2.10. The fraction of sp³-hybridized carbons (Fsp3) is 0.200. The summed E-state index contributed by atoms with van der Waals surface area (Å²) in [5, 5.41) is 6.93. The van der Waals surface area contributed by atoms with Crippen molar-refractivity contribution in [3.8, 4) is 0 Å². The molecule has 2 aromatic rings. The van der Waals surface area contributed by atoms with Gasteiger partial charge in [0.2, 0.25) is 0 Å². The SMILES string of the molecule is C[C@@H](NC(=O)c1csc(N)n1)c1cccs1. The highest BCUT2D eigenvalue weighted by molar-refractivity contribution is 7.13. The Hall–Kier alpha value is -1.40. The van der Waals surface area contributed by atoms with E-state index in [-0.39, 0.29) is 11.9 Å². The summed E-state index contributed by atoms with van der Waals surface area (Å²) >= 11 is 2.88. The highest BCUT2D eigenvalue weighted by Crippen LogP contribution is 2.19. The van der Waals surface area contributed by atoms with Crippen LogP contribution >= 0.6 is 22.7 Å². The van der Waals surface area contributed by atoms with Gasteiger partial charge in [0.05, 0.1) is 6.04 Å². The van der Waals surface area contributed by atoms with E-state index in [2.05, 4.69) is 10.3 Å². The fourth-order valence-corrected chi connectivity index (χ4v) is 2.55. The molecule has 0 aliphatic heterocycles. The molecular formula is C10H11N3OS2. The third kappa shape index (κ3) is 2.40. The monoisotopic (exact) mass is 253 g/mol. The minimum atomic E-state index is -0.186. The number of hydrogen-bond donors (Lipinski definition) is 2. The molecule has 0 aliphatic rings. The summed E-state index contributed by atoms with van der Waals surface area (Å²) in [4.78, 5) is 16.8. The maximum Gasteiger partial charge on any atom is 0.271 e. The van der Waals surface area contributed by atoms with Gasteiger partial charge in [-0.1, -0.05) is 6.07 Å². The Bertz CT molecular complexity index is 478. The zero-order valence-corrected chi connectivity index (χ0v) is 10.3. The minimum absolute atomic E-state index is 0.00424. The second-order valence-corrected chi connectivity index (χ2v) is 5.15. The topological polar surface area (TPSA) is 68.0 Å². The smallest absolute Gasteiger partial charge is 0.271 e. The van der Waals surface area contributed by atoms with Crippen LogP contribution in [0.4, 0.5) is 5.13 Å². The first-order valence-electron chi connectivity index (χ1n) is 4.72. The molecule has 0 fully saturated rings. The van der Waals surface area contributed by atoms with Gasteiger partial charge >= 0.3 is 0 Å². The molecule has 0 saturated heterocycles. The Labute approximate surface area is 101 Å². The number of rotatable bonds is 3. The molecule has 3 N–H and O–H groups in total. The van der Waals surface area contributed by atoms with E-state index >= 15 is 0 Å². The molecule has 2 rings (SSSR count). The first kappa shape index (κ1) is 11.1. The second kappa shape index (κ2) is 4.63. The number of thiazole rings is 1. The van der Waals surface area contributed by atoms with E-state index in [4.69, 9.17) is 5.73 Å². The van der Waals surface area contributed by atoms with Gasteiger partial charge in [0, 0.05) is 10.3 Å². The number of anilines is 1. The van der Waals surface area contributed by atoms with Crippen LogP contribution < -0.4 is 11.1 Å². The van der Waals surface area contributed by atoms with E-state index < -0.39 is 0 Å². The van der Waals surface area contributed by atoms with Crippen molar-refractivity contribution in [2.45, 2.75) is 13.0 Å². The predicted molar refractivity (Wildman–Crippen MR) is 66.7 cm³/mol. The average Bonchev–Trinajstić information content (AvgIpc) is 2.87. The number of carbonyl (C=O) groups is 1. The third-order valence-electron chi connectivity index (χ3n) is 2.07. The standard InChI is InChI=1S/C10H11N3OS2/c1-6(8-3-2-4-15-8)12-9(14)7-5-16-10(11)13-7/h2-6H,1H3,(H2,11,13)(H,12,14)/t6-/m1/s1. The zero-order valence-electron chi connectivity index (χ0n) is 8.64. The molecule has 2 aromatic heterocycles. The molecule has 0 radical (unpaired) electrons. The number of hydrogen-bond acceptors (Lipinski definition) is 5. The summed E-state index contributed by atoms with van der Waals surface area (Å²) in [6.07, 6.45) is 0. The van der Waals surface area contributed by atoms with Gasteiger partial charge in [0.1, 0.15) is 5.69 Å². The summed E-state index contributed by atoms with van der Waals surface area (Å²) in [6.45, 7) is 1.94. The van der Waals surface area contributed by atoms with Crippen LogP contribution in [0.2, 0.25) is 0 Å². The van der Waals surface area contributed by atoms with Crippen molar-refractivity contribution >= 4 is 33.7 Å². The van der Waals surface area contributed by atoms with Gasteiger partial charge in [0.15, 0.2) is 5.13 Å². The highest BCUT2D eigenvalue weighted by Gasteiger charge is 2.14. The van der Waals surface area contributed by atoms with E-state index in [1.54, 1.807) is 16.7 Å². The van der Waals surface area contributed by atoms with Crippen LogP contribution in [0, 0.1) is 0 Å². The van der Waals surface area contributed by atoms with Crippen LogP contribution in [0.1, 0.15) is 28.3 Å². The highest BCUT2D eigenvalue weighted by atomic mass is 32.1. The van der Waals surface area contributed by atoms with Crippen molar-refractivity contribution < 1.29 is 4.79 Å². The molecule has 2 heterocycles. The van der Waals surface area contributed by atoms with Crippen molar-refractivity contribution in [2.75, 3.05) is 5.73 Å². The molecule has 0 bridgehead atoms. The van der Waals surface area contributed by atoms with E-state index in [1.807, 2.05) is 24.4 Å². The van der Waals surface area contributed by atoms with E-state index in [1.165, 1.54) is 11.3 Å². The average molecular weight is 253 g/mol. The van der Waals surface area contributed by atoms with Gasteiger partial charge < -0.3 is 11.1 Å². The number of nitrogens with one attached hydrogen (secondary N) is 1. The van der Waals surface area contributed by atoms with Gasteiger partial charge in [-0.05, 0) is 18.4 Å². The molecule has 16 heavy (non-hydrogen) atoms. The van der Waals surface area contributed by atoms with Crippen LogP contribution in [0.25, 0.3) is 0 Å².